The fraction of sp³-hybridized carbons (Fsp3) is 0.500. The molecule has 0 aliphatic carbocycles. The summed E-state index contributed by atoms with van der Waals surface area (Å²) >= 11 is 4.64. The quantitative estimate of drug-likeness (QED) is 0.397. The molecule has 0 aromatic rings. The van der Waals surface area contributed by atoms with E-state index in [4.69, 9.17) is 0 Å². The summed E-state index contributed by atoms with van der Waals surface area (Å²) in [7, 11) is 0. The molecule has 0 amide bonds. The Kier molecular flexibility index (Phi) is 24.3. The van der Waals surface area contributed by atoms with Gasteiger partial charge in [0.05, 0.1) is 0 Å². The van der Waals surface area contributed by atoms with Crippen LogP contribution in [0.2, 0.25) is 0 Å². The largest absolute Gasteiger partial charge is 0.412 e. The molecule has 0 rings (SSSR count). The first-order valence-electron chi connectivity index (χ1n) is 0.893. The average Bonchev–Trinajstić information content (AvgIpc) is 0.811. The van der Waals surface area contributed by atoms with Gasteiger partial charge >= 0.3 is 0 Å². The molecule has 0 spiro atoms. The standard InChI is InChI=1S/C2H3ClO.H2O.Ru/c1-2(3)4;;/h1H3;1H2;. The van der Waals surface area contributed by atoms with Gasteiger partial charge in [-0.2, -0.15) is 0 Å². The maximum absolute atomic E-state index is 9.21. The van der Waals surface area contributed by atoms with Crippen LogP contribution in [0, 0.1) is 0 Å². The van der Waals surface area contributed by atoms with Crippen LogP contribution in [0.25, 0.3) is 0 Å². The van der Waals surface area contributed by atoms with Gasteiger partial charge in [0.2, 0.25) is 5.24 Å². The van der Waals surface area contributed by atoms with Crippen molar-refractivity contribution in [1.29, 1.82) is 0 Å². The summed E-state index contributed by atoms with van der Waals surface area (Å²) < 4.78 is 0. The summed E-state index contributed by atoms with van der Waals surface area (Å²) in [5, 5.41) is -0.361. The molecular formula is C2H5ClO2Ru. The summed E-state index contributed by atoms with van der Waals surface area (Å²) in [5.74, 6) is 0. The number of carbonyl (C=O) groups excluding carboxylic acids is 1. The van der Waals surface area contributed by atoms with E-state index in [1.54, 1.807) is 0 Å². The third kappa shape index (κ3) is 193. The van der Waals surface area contributed by atoms with Gasteiger partial charge in [0, 0.05) is 26.4 Å². The first kappa shape index (κ1) is 16.0. The molecule has 0 unspecified atom stereocenters. The molecule has 0 atom stereocenters. The average molecular weight is 198 g/mol. The van der Waals surface area contributed by atoms with Crippen LogP contribution in [0.5, 0.6) is 0 Å². The summed E-state index contributed by atoms with van der Waals surface area (Å²) in [6.45, 7) is 1.29. The topological polar surface area (TPSA) is 48.6 Å². The number of hydrogen-bond donors (Lipinski definition) is 0. The van der Waals surface area contributed by atoms with Crippen LogP contribution < -0.4 is 0 Å². The molecule has 0 saturated carbocycles. The van der Waals surface area contributed by atoms with Crippen molar-refractivity contribution in [3.05, 3.63) is 0 Å². The minimum atomic E-state index is -0.361. The third-order valence-corrected chi connectivity index (χ3v) is 0. The fourth-order valence-corrected chi connectivity index (χ4v) is 0. The van der Waals surface area contributed by atoms with E-state index < -0.39 is 0 Å². The van der Waals surface area contributed by atoms with Gasteiger partial charge in [-0.25, -0.2) is 0 Å². The number of rotatable bonds is 0. The maximum Gasteiger partial charge on any atom is 0.218 e. The van der Waals surface area contributed by atoms with E-state index in [-0.39, 0.29) is 30.2 Å². The molecule has 2 nitrogen and oxygen atoms in total. The van der Waals surface area contributed by atoms with E-state index in [0.29, 0.717) is 0 Å². The molecule has 0 aliphatic rings. The minimum Gasteiger partial charge on any atom is -0.412 e. The first-order chi connectivity index (χ1) is 1.73. The fourth-order valence-electron chi connectivity index (χ4n) is 0. The maximum atomic E-state index is 9.21. The Labute approximate surface area is 53.9 Å². The van der Waals surface area contributed by atoms with Crippen LogP contribution in [-0.4, -0.2) is 10.7 Å². The monoisotopic (exact) mass is 198 g/mol. The second-order valence-corrected chi connectivity index (χ2v) is 1.00. The van der Waals surface area contributed by atoms with Crippen molar-refractivity contribution in [3.8, 4) is 0 Å². The zero-order valence-electron chi connectivity index (χ0n) is 3.14. The summed E-state index contributed by atoms with van der Waals surface area (Å²) in [4.78, 5) is 9.21. The molecule has 0 aromatic carbocycles. The van der Waals surface area contributed by atoms with Crippen molar-refractivity contribution in [3.63, 3.8) is 0 Å². The van der Waals surface area contributed by atoms with Crippen molar-refractivity contribution in [2.45, 2.75) is 6.92 Å². The molecule has 0 saturated heterocycles. The zero-order chi connectivity index (χ0) is 3.58. The van der Waals surface area contributed by atoms with E-state index in [1.807, 2.05) is 0 Å². The van der Waals surface area contributed by atoms with E-state index in [0.717, 1.165) is 0 Å². The molecule has 2 N–H and O–H groups in total. The third-order valence-electron chi connectivity index (χ3n) is 0. The van der Waals surface area contributed by atoms with Gasteiger partial charge in [0.25, 0.3) is 0 Å². The Balaban J connectivity index is -0.0000000450. The van der Waals surface area contributed by atoms with Crippen LogP contribution in [0.3, 0.4) is 0 Å². The van der Waals surface area contributed by atoms with E-state index >= 15 is 0 Å². The van der Waals surface area contributed by atoms with E-state index in [1.165, 1.54) is 6.92 Å². The number of carbonyl (C=O) groups is 1. The summed E-state index contributed by atoms with van der Waals surface area (Å²) in [5.41, 5.74) is 0. The Morgan fingerprint density at radius 3 is 1.67 bits per heavy atom. The van der Waals surface area contributed by atoms with E-state index in [2.05, 4.69) is 11.6 Å². The Morgan fingerprint density at radius 2 is 1.67 bits per heavy atom. The van der Waals surface area contributed by atoms with Gasteiger partial charge < -0.3 is 5.48 Å². The van der Waals surface area contributed by atoms with Gasteiger partial charge in [-0.15, -0.1) is 0 Å². The van der Waals surface area contributed by atoms with Crippen molar-refractivity contribution in [2.75, 3.05) is 0 Å². The van der Waals surface area contributed by atoms with Crippen LogP contribution in [0.1, 0.15) is 6.92 Å². The van der Waals surface area contributed by atoms with Crippen LogP contribution in [0.15, 0.2) is 0 Å². The minimum absolute atomic E-state index is 0. The van der Waals surface area contributed by atoms with Crippen LogP contribution >= 0.6 is 11.6 Å². The molecule has 0 bridgehead atoms. The van der Waals surface area contributed by atoms with Gasteiger partial charge in [0.1, 0.15) is 0 Å². The van der Waals surface area contributed by atoms with Crippen molar-refractivity contribution in [1.82, 2.24) is 0 Å². The van der Waals surface area contributed by atoms with Gasteiger partial charge in [-0.05, 0) is 11.6 Å². The van der Waals surface area contributed by atoms with Crippen molar-refractivity contribution < 1.29 is 29.7 Å². The normalized spacial score (nSPS) is 4.33. The van der Waals surface area contributed by atoms with E-state index in [9.17, 15) is 4.79 Å². The SMILES string of the molecule is CC(=O)Cl.O.[Ru]. The molecule has 0 aliphatic heterocycles. The molecule has 6 heavy (non-hydrogen) atoms. The van der Waals surface area contributed by atoms with Gasteiger partial charge in [-0.3, -0.25) is 4.79 Å². The second-order valence-electron chi connectivity index (χ2n) is 0.470. The predicted octanol–water partition coefficient (Wildman–Crippen LogP) is -0.0555. The molecule has 40 valence electrons. The first-order valence-corrected chi connectivity index (χ1v) is 1.27. The Morgan fingerprint density at radius 1 is 1.67 bits per heavy atom. The summed E-state index contributed by atoms with van der Waals surface area (Å²) in [6, 6.07) is 0. The second kappa shape index (κ2) is 9.11. The zero-order valence-corrected chi connectivity index (χ0v) is 5.63. The van der Waals surface area contributed by atoms with Gasteiger partial charge in [0.15, 0.2) is 0 Å². The number of hydrogen-bond acceptors (Lipinski definition) is 1. The molecule has 0 fully saturated rings. The van der Waals surface area contributed by atoms with Gasteiger partial charge in [-0.1, -0.05) is 0 Å². The predicted molar refractivity (Wildman–Crippen MR) is 20.1 cm³/mol. The molecule has 4 heteroatoms. The molecule has 0 aromatic heterocycles. The van der Waals surface area contributed by atoms with Crippen molar-refractivity contribution >= 4 is 16.8 Å². The summed E-state index contributed by atoms with van der Waals surface area (Å²) in [6.07, 6.45) is 0. The molecule has 0 radical (unpaired) electrons. The number of halogens is 1. The van der Waals surface area contributed by atoms with Crippen molar-refractivity contribution in [2.24, 2.45) is 0 Å². The smallest absolute Gasteiger partial charge is 0.218 e. The Bertz CT molecular complexity index is 34.5. The molecule has 0 heterocycles. The Hall–Kier alpha value is 0.543. The molecular weight excluding hydrogens is 193 g/mol. The van der Waals surface area contributed by atoms with Crippen LogP contribution in [0.4, 0.5) is 0 Å². The van der Waals surface area contributed by atoms with Crippen LogP contribution in [-0.2, 0) is 24.3 Å².